The first kappa shape index (κ1) is 16.4. The molecule has 4 rings (SSSR count). The molecule has 2 heterocycles. The number of nitrogens with zero attached hydrogens (tertiary/aromatic N) is 1. The quantitative estimate of drug-likeness (QED) is 0.541. The predicted molar refractivity (Wildman–Crippen MR) is 102 cm³/mol. The first-order valence-corrected chi connectivity index (χ1v) is 8.37. The fourth-order valence-electron chi connectivity index (χ4n) is 2.81. The summed E-state index contributed by atoms with van der Waals surface area (Å²) in [5.41, 5.74) is 2.70. The van der Waals surface area contributed by atoms with Gasteiger partial charge in [0.2, 0.25) is 5.71 Å². The number of methoxy groups -OCH3 is 1. The number of anilines is 1. The van der Waals surface area contributed by atoms with Gasteiger partial charge < -0.3 is 14.5 Å². The van der Waals surface area contributed by atoms with Crippen LogP contribution in [-0.4, -0.2) is 18.0 Å². The lowest BCUT2D eigenvalue weighted by Crippen LogP contribution is -2.11. The summed E-state index contributed by atoms with van der Waals surface area (Å²) in [5.74, 6) is 0.394. The van der Waals surface area contributed by atoms with Crippen LogP contribution in [0.4, 0.5) is 5.69 Å². The molecule has 0 atom stereocenters. The third-order valence-corrected chi connectivity index (χ3v) is 4.33. The molecule has 0 saturated heterocycles. The maximum atomic E-state index is 12.6. The third kappa shape index (κ3) is 2.97. The predicted octanol–water partition coefficient (Wildman–Crippen LogP) is 5.20. The Balaban J connectivity index is 1.71. The number of aromatic nitrogens is 1. The molecule has 0 aliphatic heterocycles. The molecule has 4 aromatic rings. The molecule has 0 saturated carbocycles. The molecule has 130 valence electrons. The number of aryl methyl sites for hydroxylation is 1. The fourth-order valence-corrected chi connectivity index (χ4v) is 2.98. The van der Waals surface area contributed by atoms with Crippen molar-refractivity contribution in [2.75, 3.05) is 12.4 Å². The molecule has 0 aliphatic carbocycles. The Morgan fingerprint density at radius 2 is 1.96 bits per heavy atom. The van der Waals surface area contributed by atoms with E-state index in [9.17, 15) is 4.79 Å². The minimum absolute atomic E-state index is 0.178. The van der Waals surface area contributed by atoms with Crippen LogP contribution in [0.5, 0.6) is 5.75 Å². The summed E-state index contributed by atoms with van der Waals surface area (Å²) in [4.78, 5) is 17.0. The van der Waals surface area contributed by atoms with Crippen LogP contribution in [0.25, 0.3) is 22.0 Å². The molecule has 0 fully saturated rings. The van der Waals surface area contributed by atoms with Crippen molar-refractivity contribution in [3.8, 4) is 5.75 Å². The number of pyridine rings is 1. The Hall–Kier alpha value is -3.05. The van der Waals surface area contributed by atoms with Gasteiger partial charge in [-0.3, -0.25) is 4.79 Å². The summed E-state index contributed by atoms with van der Waals surface area (Å²) in [6.07, 6.45) is 0. The van der Waals surface area contributed by atoms with E-state index in [0.29, 0.717) is 27.7 Å². The minimum atomic E-state index is -0.367. The maximum absolute atomic E-state index is 12.6. The van der Waals surface area contributed by atoms with Gasteiger partial charge in [-0.15, -0.1) is 0 Å². The molecule has 0 spiro atoms. The monoisotopic (exact) mass is 366 g/mol. The number of amides is 1. The standard InChI is InChI=1S/C20H15ClN2O3/c1-11-3-6-17(25-2)16(7-11)22-19(24)18-9-13-8-12-4-5-14(21)10-15(12)23-20(13)26-18/h3-10H,1-2H3,(H,22,24). The van der Waals surface area contributed by atoms with E-state index in [2.05, 4.69) is 10.3 Å². The van der Waals surface area contributed by atoms with Crippen molar-refractivity contribution in [3.05, 3.63) is 64.9 Å². The van der Waals surface area contributed by atoms with Gasteiger partial charge in [-0.25, -0.2) is 4.98 Å². The zero-order valence-corrected chi connectivity index (χ0v) is 14.9. The van der Waals surface area contributed by atoms with Gasteiger partial charge in [-0.1, -0.05) is 23.7 Å². The molecule has 0 unspecified atom stereocenters. The van der Waals surface area contributed by atoms with Gasteiger partial charge in [0.15, 0.2) is 5.76 Å². The Bertz CT molecular complexity index is 1150. The fraction of sp³-hybridized carbons (Fsp3) is 0.100. The molecule has 1 N–H and O–H groups in total. The van der Waals surface area contributed by atoms with E-state index < -0.39 is 0 Å². The van der Waals surface area contributed by atoms with Gasteiger partial charge in [-0.05, 0) is 48.9 Å². The zero-order valence-electron chi connectivity index (χ0n) is 14.2. The number of hydrogen-bond acceptors (Lipinski definition) is 4. The second-order valence-electron chi connectivity index (χ2n) is 5.99. The maximum Gasteiger partial charge on any atom is 0.291 e. The zero-order chi connectivity index (χ0) is 18.3. The molecular weight excluding hydrogens is 352 g/mol. The van der Waals surface area contributed by atoms with Crippen LogP contribution in [0.3, 0.4) is 0 Å². The highest BCUT2D eigenvalue weighted by Gasteiger charge is 2.16. The van der Waals surface area contributed by atoms with E-state index in [0.717, 1.165) is 16.3 Å². The van der Waals surface area contributed by atoms with Gasteiger partial charge >= 0.3 is 0 Å². The van der Waals surface area contributed by atoms with Crippen molar-refractivity contribution in [2.24, 2.45) is 0 Å². The van der Waals surface area contributed by atoms with Crippen molar-refractivity contribution in [3.63, 3.8) is 0 Å². The summed E-state index contributed by atoms with van der Waals surface area (Å²) in [6, 6.07) is 14.6. The highest BCUT2D eigenvalue weighted by molar-refractivity contribution is 6.31. The number of furan rings is 1. The summed E-state index contributed by atoms with van der Waals surface area (Å²) in [6.45, 7) is 1.94. The average Bonchev–Trinajstić information content (AvgIpc) is 3.03. The van der Waals surface area contributed by atoms with Crippen LogP contribution >= 0.6 is 11.6 Å². The van der Waals surface area contributed by atoms with Crippen molar-refractivity contribution >= 4 is 45.2 Å². The van der Waals surface area contributed by atoms with E-state index in [4.69, 9.17) is 20.8 Å². The van der Waals surface area contributed by atoms with E-state index in [1.807, 2.05) is 37.3 Å². The third-order valence-electron chi connectivity index (χ3n) is 4.09. The molecule has 0 aliphatic rings. The molecular formula is C20H15ClN2O3. The number of carbonyl (C=O) groups is 1. The Morgan fingerprint density at radius 1 is 1.12 bits per heavy atom. The lowest BCUT2D eigenvalue weighted by Gasteiger charge is -2.09. The Kier molecular flexibility index (Phi) is 4.01. The number of nitrogens with one attached hydrogen (secondary N) is 1. The van der Waals surface area contributed by atoms with Crippen LogP contribution in [-0.2, 0) is 0 Å². The first-order chi connectivity index (χ1) is 12.5. The molecule has 2 aromatic heterocycles. The van der Waals surface area contributed by atoms with Crippen molar-refractivity contribution in [1.82, 2.24) is 4.98 Å². The van der Waals surface area contributed by atoms with Gasteiger partial charge in [0.1, 0.15) is 5.75 Å². The number of rotatable bonds is 3. The normalized spacial score (nSPS) is 11.0. The molecule has 0 bridgehead atoms. The number of halogens is 1. The van der Waals surface area contributed by atoms with Crippen molar-refractivity contribution in [1.29, 1.82) is 0 Å². The number of benzene rings is 2. The summed E-state index contributed by atoms with van der Waals surface area (Å²) < 4.78 is 10.9. The van der Waals surface area contributed by atoms with E-state index >= 15 is 0 Å². The van der Waals surface area contributed by atoms with Gasteiger partial charge in [0.05, 0.1) is 18.3 Å². The lowest BCUT2D eigenvalue weighted by molar-refractivity contribution is 0.0998. The number of fused-ring (bicyclic) bond motifs is 2. The molecule has 0 radical (unpaired) electrons. The van der Waals surface area contributed by atoms with Crippen LogP contribution in [0.1, 0.15) is 16.1 Å². The molecule has 2 aromatic carbocycles. The Morgan fingerprint density at radius 3 is 2.77 bits per heavy atom. The average molecular weight is 367 g/mol. The summed E-state index contributed by atoms with van der Waals surface area (Å²) in [5, 5.41) is 5.10. The second kappa shape index (κ2) is 6.35. The molecule has 26 heavy (non-hydrogen) atoms. The van der Waals surface area contributed by atoms with Crippen molar-refractivity contribution in [2.45, 2.75) is 6.92 Å². The number of carbonyl (C=O) groups excluding carboxylic acids is 1. The van der Waals surface area contributed by atoms with E-state index in [-0.39, 0.29) is 11.7 Å². The summed E-state index contributed by atoms with van der Waals surface area (Å²) in [7, 11) is 1.56. The van der Waals surface area contributed by atoms with E-state index in [1.54, 1.807) is 25.3 Å². The molecule has 5 nitrogen and oxygen atoms in total. The van der Waals surface area contributed by atoms with Crippen LogP contribution in [0.15, 0.2) is 52.9 Å². The number of ether oxygens (including phenoxy) is 1. The molecule has 6 heteroatoms. The topological polar surface area (TPSA) is 64.4 Å². The summed E-state index contributed by atoms with van der Waals surface area (Å²) >= 11 is 6.01. The highest BCUT2D eigenvalue weighted by Crippen LogP contribution is 2.28. The first-order valence-electron chi connectivity index (χ1n) is 7.99. The number of hydrogen-bond donors (Lipinski definition) is 1. The van der Waals surface area contributed by atoms with Crippen LogP contribution in [0, 0.1) is 6.92 Å². The largest absolute Gasteiger partial charge is 0.495 e. The smallest absolute Gasteiger partial charge is 0.291 e. The van der Waals surface area contributed by atoms with Gasteiger partial charge in [0, 0.05) is 15.8 Å². The van der Waals surface area contributed by atoms with Gasteiger partial charge in [0.25, 0.3) is 5.91 Å². The lowest BCUT2D eigenvalue weighted by atomic mass is 10.2. The van der Waals surface area contributed by atoms with Crippen molar-refractivity contribution < 1.29 is 13.9 Å². The van der Waals surface area contributed by atoms with Gasteiger partial charge in [-0.2, -0.15) is 0 Å². The highest BCUT2D eigenvalue weighted by atomic mass is 35.5. The van der Waals surface area contributed by atoms with Crippen LogP contribution < -0.4 is 10.1 Å². The SMILES string of the molecule is COc1ccc(C)cc1NC(=O)c1cc2cc3ccc(Cl)cc3nc2o1. The second-order valence-corrected chi connectivity index (χ2v) is 6.42. The van der Waals surface area contributed by atoms with Crippen LogP contribution in [0.2, 0.25) is 5.02 Å². The minimum Gasteiger partial charge on any atom is -0.495 e. The Labute approximate surface area is 154 Å². The molecule has 1 amide bonds. The van der Waals surface area contributed by atoms with E-state index in [1.165, 1.54) is 0 Å².